The Kier molecular flexibility index (Phi) is 6.96. The first kappa shape index (κ1) is 16.9. The third-order valence-electron chi connectivity index (χ3n) is 2.72. The number of hydrogen-bond donors (Lipinski definition) is 0. The molecule has 0 aliphatic carbocycles. The van der Waals surface area contributed by atoms with E-state index in [4.69, 9.17) is 0 Å². The molecule has 0 spiro atoms. The quantitative estimate of drug-likeness (QED) is 0.687. The van der Waals surface area contributed by atoms with Gasteiger partial charge in [0.1, 0.15) is 0 Å². The SMILES string of the molecule is COC(=O)CCN(CCC(C)C)C(=O)C(C)(C)C. The Balaban J connectivity index is 4.52. The first-order valence-corrected chi connectivity index (χ1v) is 6.54. The highest BCUT2D eigenvalue weighted by atomic mass is 16.5. The highest BCUT2D eigenvalue weighted by molar-refractivity contribution is 5.82. The Morgan fingerprint density at radius 1 is 1.17 bits per heavy atom. The predicted octanol–water partition coefficient (Wildman–Crippen LogP) is 2.47. The Morgan fingerprint density at radius 3 is 2.11 bits per heavy atom. The molecule has 0 atom stereocenters. The van der Waals surface area contributed by atoms with Crippen molar-refractivity contribution in [1.82, 2.24) is 4.90 Å². The molecular weight excluding hydrogens is 230 g/mol. The van der Waals surface area contributed by atoms with Crippen LogP contribution in [0.25, 0.3) is 0 Å². The second-order valence-corrected chi connectivity index (χ2v) is 6.05. The number of hydrogen-bond acceptors (Lipinski definition) is 3. The van der Waals surface area contributed by atoms with Gasteiger partial charge in [-0.2, -0.15) is 0 Å². The molecule has 18 heavy (non-hydrogen) atoms. The van der Waals surface area contributed by atoms with Gasteiger partial charge < -0.3 is 9.64 Å². The van der Waals surface area contributed by atoms with Crippen molar-refractivity contribution in [1.29, 1.82) is 0 Å². The van der Waals surface area contributed by atoms with Crippen LogP contribution in [0.4, 0.5) is 0 Å². The van der Waals surface area contributed by atoms with Crippen LogP contribution in [-0.4, -0.2) is 37.0 Å². The van der Waals surface area contributed by atoms with E-state index >= 15 is 0 Å². The Bertz CT molecular complexity index is 279. The molecule has 0 saturated carbocycles. The molecule has 0 N–H and O–H groups in total. The van der Waals surface area contributed by atoms with Gasteiger partial charge in [-0.1, -0.05) is 34.6 Å². The van der Waals surface area contributed by atoms with Crippen molar-refractivity contribution >= 4 is 11.9 Å². The van der Waals surface area contributed by atoms with Gasteiger partial charge >= 0.3 is 5.97 Å². The van der Waals surface area contributed by atoms with Crippen LogP contribution >= 0.6 is 0 Å². The highest BCUT2D eigenvalue weighted by Gasteiger charge is 2.27. The van der Waals surface area contributed by atoms with Crippen molar-refractivity contribution in [3.05, 3.63) is 0 Å². The van der Waals surface area contributed by atoms with Crippen LogP contribution in [0.15, 0.2) is 0 Å². The van der Waals surface area contributed by atoms with Crippen molar-refractivity contribution in [2.75, 3.05) is 20.2 Å². The van der Waals surface area contributed by atoms with E-state index in [1.165, 1.54) is 7.11 Å². The number of methoxy groups -OCH3 is 1. The third-order valence-corrected chi connectivity index (χ3v) is 2.72. The van der Waals surface area contributed by atoms with Gasteiger partial charge in [-0.05, 0) is 12.3 Å². The molecule has 0 aliphatic heterocycles. The van der Waals surface area contributed by atoms with E-state index in [0.29, 0.717) is 19.0 Å². The fourth-order valence-electron chi connectivity index (χ4n) is 1.53. The van der Waals surface area contributed by atoms with E-state index < -0.39 is 5.41 Å². The van der Waals surface area contributed by atoms with Crippen molar-refractivity contribution in [3.63, 3.8) is 0 Å². The maximum absolute atomic E-state index is 12.3. The summed E-state index contributed by atoms with van der Waals surface area (Å²) in [5.41, 5.74) is -0.410. The van der Waals surface area contributed by atoms with Crippen LogP contribution in [0.1, 0.15) is 47.5 Å². The zero-order valence-electron chi connectivity index (χ0n) is 12.6. The average molecular weight is 257 g/mol. The zero-order chi connectivity index (χ0) is 14.3. The zero-order valence-corrected chi connectivity index (χ0v) is 12.6. The molecule has 0 heterocycles. The summed E-state index contributed by atoms with van der Waals surface area (Å²) >= 11 is 0. The minimum absolute atomic E-state index is 0.0899. The second-order valence-electron chi connectivity index (χ2n) is 6.05. The summed E-state index contributed by atoms with van der Waals surface area (Å²) in [6, 6.07) is 0. The molecule has 0 bridgehead atoms. The van der Waals surface area contributed by atoms with Gasteiger partial charge in [0.05, 0.1) is 13.5 Å². The number of amides is 1. The second kappa shape index (κ2) is 7.39. The summed E-state index contributed by atoms with van der Waals surface area (Å²) in [6.07, 6.45) is 1.21. The van der Waals surface area contributed by atoms with E-state index in [0.717, 1.165) is 6.42 Å². The molecular formula is C14H27NO3. The van der Waals surface area contributed by atoms with E-state index in [-0.39, 0.29) is 18.3 Å². The van der Waals surface area contributed by atoms with Gasteiger partial charge in [-0.25, -0.2) is 0 Å². The predicted molar refractivity (Wildman–Crippen MR) is 72.1 cm³/mol. The van der Waals surface area contributed by atoms with Gasteiger partial charge in [0.15, 0.2) is 0 Å². The lowest BCUT2D eigenvalue weighted by Crippen LogP contribution is -2.41. The molecule has 0 aliphatic rings. The normalized spacial score (nSPS) is 11.5. The van der Waals surface area contributed by atoms with E-state index in [2.05, 4.69) is 18.6 Å². The van der Waals surface area contributed by atoms with Crippen molar-refractivity contribution in [3.8, 4) is 0 Å². The Hall–Kier alpha value is -1.06. The number of esters is 1. The fraction of sp³-hybridized carbons (Fsp3) is 0.857. The van der Waals surface area contributed by atoms with Gasteiger partial charge in [0.25, 0.3) is 0 Å². The van der Waals surface area contributed by atoms with Crippen LogP contribution < -0.4 is 0 Å². The molecule has 4 nitrogen and oxygen atoms in total. The number of carbonyl (C=O) groups is 2. The topological polar surface area (TPSA) is 46.6 Å². The number of ether oxygens (including phenoxy) is 1. The van der Waals surface area contributed by atoms with Gasteiger partial charge in [-0.3, -0.25) is 9.59 Å². The molecule has 0 aromatic carbocycles. The molecule has 0 unspecified atom stereocenters. The third kappa shape index (κ3) is 6.62. The summed E-state index contributed by atoms with van der Waals surface area (Å²) in [5.74, 6) is 0.358. The van der Waals surface area contributed by atoms with E-state index in [1.807, 2.05) is 20.8 Å². The van der Waals surface area contributed by atoms with Gasteiger partial charge in [0, 0.05) is 18.5 Å². The monoisotopic (exact) mass is 257 g/mol. The van der Waals surface area contributed by atoms with E-state index in [9.17, 15) is 9.59 Å². The smallest absolute Gasteiger partial charge is 0.307 e. The van der Waals surface area contributed by atoms with Gasteiger partial charge in [-0.15, -0.1) is 0 Å². The lowest BCUT2D eigenvalue weighted by Gasteiger charge is -2.29. The summed E-state index contributed by atoms with van der Waals surface area (Å²) in [5, 5.41) is 0. The summed E-state index contributed by atoms with van der Waals surface area (Å²) in [4.78, 5) is 25.2. The lowest BCUT2D eigenvalue weighted by molar-refractivity contribution is -0.143. The van der Waals surface area contributed by atoms with Crippen molar-refractivity contribution < 1.29 is 14.3 Å². The van der Waals surface area contributed by atoms with Crippen molar-refractivity contribution in [2.24, 2.45) is 11.3 Å². The molecule has 0 fully saturated rings. The molecule has 0 radical (unpaired) electrons. The number of rotatable bonds is 6. The highest BCUT2D eigenvalue weighted by Crippen LogP contribution is 2.18. The fourth-order valence-corrected chi connectivity index (χ4v) is 1.53. The summed E-state index contributed by atoms with van der Waals surface area (Å²) in [6.45, 7) is 11.1. The molecule has 1 amide bonds. The molecule has 0 saturated heterocycles. The molecule has 0 aromatic rings. The van der Waals surface area contributed by atoms with Crippen LogP contribution in [0.5, 0.6) is 0 Å². The van der Waals surface area contributed by atoms with Gasteiger partial charge in [0.2, 0.25) is 5.91 Å². The van der Waals surface area contributed by atoms with Crippen LogP contribution in [0.2, 0.25) is 0 Å². The number of carbonyl (C=O) groups excluding carboxylic acids is 2. The molecule has 4 heteroatoms. The minimum atomic E-state index is -0.410. The van der Waals surface area contributed by atoms with Crippen molar-refractivity contribution in [2.45, 2.75) is 47.5 Å². The van der Waals surface area contributed by atoms with Crippen LogP contribution in [0, 0.1) is 11.3 Å². The van der Waals surface area contributed by atoms with Crippen LogP contribution in [0.3, 0.4) is 0 Å². The first-order chi connectivity index (χ1) is 8.18. The molecule has 0 rings (SSSR count). The maximum Gasteiger partial charge on any atom is 0.307 e. The molecule has 0 aromatic heterocycles. The summed E-state index contributed by atoms with van der Waals surface area (Å²) in [7, 11) is 1.37. The van der Waals surface area contributed by atoms with E-state index in [1.54, 1.807) is 4.90 Å². The lowest BCUT2D eigenvalue weighted by atomic mass is 9.94. The Labute approximate surface area is 111 Å². The average Bonchev–Trinajstić information content (AvgIpc) is 2.26. The minimum Gasteiger partial charge on any atom is -0.469 e. The standard InChI is InChI=1S/C14H27NO3/c1-11(2)7-9-15(10-8-12(16)18-6)13(17)14(3,4)5/h11H,7-10H2,1-6H3. The first-order valence-electron chi connectivity index (χ1n) is 6.54. The molecule has 106 valence electrons. The number of nitrogens with zero attached hydrogens (tertiary/aromatic N) is 1. The van der Waals surface area contributed by atoms with Crippen LogP contribution in [-0.2, 0) is 14.3 Å². The Morgan fingerprint density at radius 2 is 1.72 bits per heavy atom. The summed E-state index contributed by atoms with van der Waals surface area (Å²) < 4.78 is 4.61. The largest absolute Gasteiger partial charge is 0.469 e. The maximum atomic E-state index is 12.3.